The molecule has 0 amide bonds. The van der Waals surface area contributed by atoms with Crippen molar-refractivity contribution in [1.29, 1.82) is 0 Å². The van der Waals surface area contributed by atoms with Crippen molar-refractivity contribution in [2.24, 2.45) is 7.05 Å². The van der Waals surface area contributed by atoms with Crippen molar-refractivity contribution < 1.29 is 15.0 Å². The minimum Gasteiger partial charge on any atom is -0.479 e. The van der Waals surface area contributed by atoms with Gasteiger partial charge in [0, 0.05) is 18.7 Å². The molecule has 1 atom stereocenters. The SMILES string of the molecule is Cn1nc(C(O)C(=O)O)cc1C1CC1. The molecule has 1 saturated carbocycles. The molecule has 14 heavy (non-hydrogen) atoms. The minimum atomic E-state index is -1.51. The van der Waals surface area contributed by atoms with Crippen LogP contribution in [-0.2, 0) is 11.8 Å². The first kappa shape index (κ1) is 9.21. The van der Waals surface area contributed by atoms with E-state index in [2.05, 4.69) is 5.10 Å². The van der Waals surface area contributed by atoms with Crippen molar-refractivity contribution in [1.82, 2.24) is 9.78 Å². The largest absolute Gasteiger partial charge is 0.479 e. The topological polar surface area (TPSA) is 75.3 Å². The molecule has 0 bridgehead atoms. The zero-order chi connectivity index (χ0) is 10.3. The van der Waals surface area contributed by atoms with Crippen molar-refractivity contribution in [3.05, 3.63) is 17.5 Å². The molecule has 2 N–H and O–H groups in total. The quantitative estimate of drug-likeness (QED) is 0.734. The van der Waals surface area contributed by atoms with Crippen LogP contribution in [-0.4, -0.2) is 26.0 Å². The first-order valence-electron chi connectivity index (χ1n) is 4.54. The molecule has 5 heteroatoms. The molecule has 1 aromatic heterocycles. The lowest BCUT2D eigenvalue weighted by molar-refractivity contribution is -0.147. The molecule has 1 fully saturated rings. The van der Waals surface area contributed by atoms with Gasteiger partial charge in [0.05, 0.1) is 0 Å². The van der Waals surface area contributed by atoms with E-state index in [1.54, 1.807) is 17.8 Å². The fraction of sp³-hybridized carbons (Fsp3) is 0.556. The highest BCUT2D eigenvalue weighted by Crippen LogP contribution is 2.40. The van der Waals surface area contributed by atoms with Crippen molar-refractivity contribution in [3.8, 4) is 0 Å². The number of aliphatic hydroxyl groups is 1. The van der Waals surface area contributed by atoms with Crippen LogP contribution in [0.4, 0.5) is 0 Å². The number of rotatable bonds is 3. The van der Waals surface area contributed by atoms with Gasteiger partial charge in [-0.05, 0) is 18.9 Å². The van der Waals surface area contributed by atoms with Gasteiger partial charge in [-0.25, -0.2) is 4.79 Å². The fourth-order valence-corrected chi connectivity index (χ4v) is 1.53. The molecule has 1 aromatic rings. The Hall–Kier alpha value is -1.36. The van der Waals surface area contributed by atoms with Gasteiger partial charge in [0.1, 0.15) is 5.69 Å². The number of aliphatic carboxylic acids is 1. The molecule has 0 aromatic carbocycles. The van der Waals surface area contributed by atoms with Gasteiger partial charge in [0.2, 0.25) is 0 Å². The van der Waals surface area contributed by atoms with Crippen LogP contribution in [0.3, 0.4) is 0 Å². The average molecular weight is 196 g/mol. The molecule has 1 unspecified atom stereocenters. The Labute approximate surface area is 81.0 Å². The smallest absolute Gasteiger partial charge is 0.338 e. The maximum atomic E-state index is 10.5. The summed E-state index contributed by atoms with van der Waals surface area (Å²) >= 11 is 0. The molecule has 0 spiro atoms. The van der Waals surface area contributed by atoms with Crippen LogP contribution in [0.1, 0.15) is 36.3 Å². The molecule has 2 rings (SSSR count). The van der Waals surface area contributed by atoms with Crippen molar-refractivity contribution >= 4 is 5.97 Å². The molecule has 1 aliphatic carbocycles. The normalized spacial score (nSPS) is 18.1. The Balaban J connectivity index is 2.27. The summed E-state index contributed by atoms with van der Waals surface area (Å²) in [5, 5.41) is 21.8. The third-order valence-electron chi connectivity index (χ3n) is 2.44. The lowest BCUT2D eigenvalue weighted by Crippen LogP contribution is -2.11. The van der Waals surface area contributed by atoms with E-state index < -0.39 is 12.1 Å². The Morgan fingerprint density at radius 2 is 2.36 bits per heavy atom. The number of aliphatic hydroxyl groups excluding tert-OH is 1. The van der Waals surface area contributed by atoms with Crippen molar-refractivity contribution in [2.75, 3.05) is 0 Å². The highest BCUT2D eigenvalue weighted by Gasteiger charge is 2.29. The van der Waals surface area contributed by atoms with E-state index >= 15 is 0 Å². The van der Waals surface area contributed by atoms with Gasteiger partial charge < -0.3 is 10.2 Å². The van der Waals surface area contributed by atoms with Crippen LogP contribution in [0.2, 0.25) is 0 Å². The second-order valence-corrected chi connectivity index (χ2v) is 3.63. The predicted molar refractivity (Wildman–Crippen MR) is 47.8 cm³/mol. The highest BCUT2D eigenvalue weighted by atomic mass is 16.4. The summed E-state index contributed by atoms with van der Waals surface area (Å²) in [6, 6.07) is 1.68. The third kappa shape index (κ3) is 1.50. The molecule has 76 valence electrons. The van der Waals surface area contributed by atoms with Gasteiger partial charge in [-0.2, -0.15) is 5.10 Å². The fourth-order valence-electron chi connectivity index (χ4n) is 1.53. The van der Waals surface area contributed by atoms with Crippen LogP contribution >= 0.6 is 0 Å². The lowest BCUT2D eigenvalue weighted by atomic mass is 10.2. The minimum absolute atomic E-state index is 0.224. The Morgan fingerprint density at radius 1 is 1.71 bits per heavy atom. The Morgan fingerprint density at radius 3 is 2.86 bits per heavy atom. The zero-order valence-corrected chi connectivity index (χ0v) is 7.84. The van der Waals surface area contributed by atoms with Gasteiger partial charge in [-0.1, -0.05) is 0 Å². The van der Waals surface area contributed by atoms with E-state index in [0.29, 0.717) is 5.92 Å². The summed E-state index contributed by atoms with van der Waals surface area (Å²) in [7, 11) is 1.77. The average Bonchev–Trinajstić information content (AvgIpc) is 2.89. The standard InChI is InChI=1S/C9H12N2O3/c1-11-7(5-2-3-5)4-6(10-11)8(12)9(13)14/h4-5,8,12H,2-3H2,1H3,(H,13,14). The van der Waals surface area contributed by atoms with E-state index in [1.807, 2.05) is 0 Å². The van der Waals surface area contributed by atoms with E-state index in [0.717, 1.165) is 18.5 Å². The summed E-state index contributed by atoms with van der Waals surface area (Å²) in [6.07, 6.45) is 0.748. The number of carbonyl (C=O) groups is 1. The maximum absolute atomic E-state index is 10.5. The highest BCUT2D eigenvalue weighted by molar-refractivity contribution is 5.73. The lowest BCUT2D eigenvalue weighted by Gasteiger charge is -1.98. The summed E-state index contributed by atoms with van der Waals surface area (Å²) in [5.74, 6) is -0.757. The second kappa shape index (κ2) is 3.09. The number of hydrogen-bond acceptors (Lipinski definition) is 3. The second-order valence-electron chi connectivity index (χ2n) is 3.63. The molecule has 5 nitrogen and oxygen atoms in total. The Bertz CT molecular complexity index is 368. The predicted octanol–water partition coefficient (Wildman–Crippen LogP) is 0.415. The maximum Gasteiger partial charge on any atom is 0.338 e. The third-order valence-corrected chi connectivity index (χ3v) is 2.44. The van der Waals surface area contributed by atoms with Crippen LogP contribution in [0.25, 0.3) is 0 Å². The van der Waals surface area contributed by atoms with Gasteiger partial charge in [0.25, 0.3) is 0 Å². The molecule has 0 saturated heterocycles. The first-order valence-corrected chi connectivity index (χ1v) is 4.54. The molecule has 1 aliphatic rings. The van der Waals surface area contributed by atoms with Crippen LogP contribution in [0.15, 0.2) is 6.07 Å². The summed E-state index contributed by atoms with van der Waals surface area (Å²) in [4.78, 5) is 10.5. The van der Waals surface area contributed by atoms with E-state index in [-0.39, 0.29) is 5.69 Å². The number of nitrogens with zero attached hydrogens (tertiary/aromatic N) is 2. The number of carboxylic acid groups (broad SMARTS) is 1. The number of aryl methyl sites for hydroxylation is 1. The summed E-state index contributed by atoms with van der Waals surface area (Å²) in [6.45, 7) is 0. The van der Waals surface area contributed by atoms with Gasteiger partial charge in [-0.3, -0.25) is 4.68 Å². The summed E-state index contributed by atoms with van der Waals surface area (Å²) < 4.78 is 1.65. The van der Waals surface area contributed by atoms with Gasteiger partial charge in [0.15, 0.2) is 6.10 Å². The number of hydrogen-bond donors (Lipinski definition) is 2. The van der Waals surface area contributed by atoms with Crippen LogP contribution in [0, 0.1) is 0 Å². The molecule has 0 radical (unpaired) electrons. The van der Waals surface area contributed by atoms with Gasteiger partial charge in [-0.15, -0.1) is 0 Å². The number of carboxylic acids is 1. The molecule has 1 heterocycles. The zero-order valence-electron chi connectivity index (χ0n) is 7.84. The van der Waals surface area contributed by atoms with Crippen LogP contribution < -0.4 is 0 Å². The van der Waals surface area contributed by atoms with Crippen molar-refractivity contribution in [3.63, 3.8) is 0 Å². The Kier molecular flexibility index (Phi) is 2.03. The monoisotopic (exact) mass is 196 g/mol. The van der Waals surface area contributed by atoms with E-state index in [9.17, 15) is 9.90 Å². The van der Waals surface area contributed by atoms with E-state index in [1.165, 1.54) is 0 Å². The number of aromatic nitrogens is 2. The molecule has 0 aliphatic heterocycles. The van der Waals surface area contributed by atoms with Crippen LogP contribution in [0.5, 0.6) is 0 Å². The van der Waals surface area contributed by atoms with Crippen molar-refractivity contribution in [2.45, 2.75) is 24.9 Å². The first-order chi connectivity index (χ1) is 6.59. The molecular formula is C9H12N2O3. The van der Waals surface area contributed by atoms with E-state index in [4.69, 9.17) is 5.11 Å². The summed E-state index contributed by atoms with van der Waals surface area (Å²) in [5.41, 5.74) is 1.24. The molecular weight excluding hydrogens is 184 g/mol. The van der Waals surface area contributed by atoms with Gasteiger partial charge >= 0.3 is 5.97 Å².